The molecule has 68 valence electrons. The average Bonchev–Trinajstić information content (AvgIpc) is 2.57. The zero-order valence-corrected chi connectivity index (χ0v) is 8.53. The second kappa shape index (κ2) is 6.46. The lowest BCUT2D eigenvalue weighted by Crippen LogP contribution is -1.84. The number of aromatic nitrogens is 1. The molecule has 1 aromatic rings. The molecule has 0 aliphatic rings. The number of hydrogen-bond donors (Lipinski definition) is 1. The van der Waals surface area contributed by atoms with Crippen molar-refractivity contribution in [2.75, 3.05) is 12.4 Å². The zero-order valence-electron chi connectivity index (χ0n) is 6.90. The van der Waals surface area contributed by atoms with E-state index >= 15 is 0 Å². The molecule has 0 radical (unpaired) electrons. The van der Waals surface area contributed by atoms with Gasteiger partial charge >= 0.3 is 0 Å². The van der Waals surface area contributed by atoms with Gasteiger partial charge in [-0.1, -0.05) is 18.2 Å². The van der Waals surface area contributed by atoms with Gasteiger partial charge in [-0.05, 0) is 12.8 Å². The smallest absolute Gasteiger partial charge is 0.149 e. The Morgan fingerprint density at radius 3 is 3.00 bits per heavy atom. The van der Waals surface area contributed by atoms with Gasteiger partial charge in [0.25, 0.3) is 0 Å². The van der Waals surface area contributed by atoms with Gasteiger partial charge in [-0.3, -0.25) is 0 Å². The zero-order chi connectivity index (χ0) is 8.65. The molecule has 0 saturated heterocycles. The molecule has 0 amide bonds. The topological polar surface area (TPSA) is 33.1 Å². The molecule has 0 unspecified atom stereocenters. The number of rotatable bonds is 6. The minimum Gasteiger partial charge on any atom is -0.396 e. The van der Waals surface area contributed by atoms with Gasteiger partial charge in [-0.2, -0.15) is 0 Å². The molecule has 4 heteroatoms. The Balaban J connectivity index is 1.96. The van der Waals surface area contributed by atoms with Gasteiger partial charge < -0.3 is 5.11 Å². The SMILES string of the molecule is OCCCCCSc1nccs1. The van der Waals surface area contributed by atoms with Crippen molar-refractivity contribution in [1.82, 2.24) is 4.98 Å². The quantitative estimate of drug-likeness (QED) is 0.569. The van der Waals surface area contributed by atoms with Crippen LogP contribution in [0.25, 0.3) is 0 Å². The van der Waals surface area contributed by atoms with E-state index in [1.54, 1.807) is 23.1 Å². The predicted octanol–water partition coefficient (Wildman–Crippen LogP) is 2.40. The molecule has 0 bridgehead atoms. The van der Waals surface area contributed by atoms with Crippen molar-refractivity contribution in [1.29, 1.82) is 0 Å². The summed E-state index contributed by atoms with van der Waals surface area (Å²) in [5, 5.41) is 10.5. The third kappa shape index (κ3) is 4.09. The lowest BCUT2D eigenvalue weighted by Gasteiger charge is -1.96. The van der Waals surface area contributed by atoms with E-state index in [9.17, 15) is 0 Å². The van der Waals surface area contributed by atoms with Crippen LogP contribution < -0.4 is 0 Å². The third-order valence-electron chi connectivity index (χ3n) is 1.44. The summed E-state index contributed by atoms with van der Waals surface area (Å²) in [6.45, 7) is 0.321. The summed E-state index contributed by atoms with van der Waals surface area (Å²) in [4.78, 5) is 4.17. The highest BCUT2D eigenvalue weighted by Gasteiger charge is 1.95. The number of aliphatic hydroxyl groups excluding tert-OH is 1. The Bertz CT molecular complexity index is 189. The third-order valence-corrected chi connectivity index (χ3v) is 3.49. The van der Waals surface area contributed by atoms with Crippen LogP contribution in [0, 0.1) is 0 Å². The van der Waals surface area contributed by atoms with Crippen molar-refractivity contribution < 1.29 is 5.11 Å². The molecule has 1 aromatic heterocycles. The summed E-state index contributed by atoms with van der Waals surface area (Å²) < 4.78 is 1.15. The number of aliphatic hydroxyl groups is 1. The number of thiazole rings is 1. The van der Waals surface area contributed by atoms with E-state index < -0.39 is 0 Å². The van der Waals surface area contributed by atoms with Gasteiger partial charge in [0.15, 0.2) is 0 Å². The normalized spacial score (nSPS) is 10.4. The Kier molecular flexibility index (Phi) is 5.39. The minimum atomic E-state index is 0.321. The van der Waals surface area contributed by atoms with Gasteiger partial charge in [0.2, 0.25) is 0 Å². The minimum absolute atomic E-state index is 0.321. The summed E-state index contributed by atoms with van der Waals surface area (Å²) in [7, 11) is 0. The van der Waals surface area contributed by atoms with Crippen LogP contribution in [-0.4, -0.2) is 22.5 Å². The highest BCUT2D eigenvalue weighted by Crippen LogP contribution is 2.21. The van der Waals surface area contributed by atoms with Crippen molar-refractivity contribution in [2.24, 2.45) is 0 Å². The molecule has 0 aliphatic heterocycles. The van der Waals surface area contributed by atoms with Crippen molar-refractivity contribution in [2.45, 2.75) is 23.6 Å². The van der Waals surface area contributed by atoms with Crippen LogP contribution in [0.15, 0.2) is 15.9 Å². The molecule has 1 heterocycles. The Labute approximate surface area is 81.0 Å². The maximum atomic E-state index is 8.53. The monoisotopic (exact) mass is 203 g/mol. The molecule has 0 atom stereocenters. The standard InChI is InChI=1S/C8H13NOS2/c10-5-2-1-3-6-11-8-9-4-7-12-8/h4,7,10H,1-3,5-6H2. The second-order valence-corrected chi connectivity index (χ2v) is 4.67. The van der Waals surface area contributed by atoms with Crippen LogP contribution in [0.5, 0.6) is 0 Å². The van der Waals surface area contributed by atoms with Crippen molar-refractivity contribution in [3.63, 3.8) is 0 Å². The fraction of sp³-hybridized carbons (Fsp3) is 0.625. The second-order valence-electron chi connectivity index (χ2n) is 2.43. The molecule has 1 N–H and O–H groups in total. The van der Waals surface area contributed by atoms with Crippen molar-refractivity contribution in [3.05, 3.63) is 11.6 Å². The van der Waals surface area contributed by atoms with Gasteiger partial charge in [0.1, 0.15) is 4.34 Å². The molecule has 12 heavy (non-hydrogen) atoms. The summed E-state index contributed by atoms with van der Waals surface area (Å²) in [5.74, 6) is 1.12. The first-order valence-electron chi connectivity index (χ1n) is 4.06. The average molecular weight is 203 g/mol. The van der Waals surface area contributed by atoms with Gasteiger partial charge in [-0.15, -0.1) is 11.3 Å². The van der Waals surface area contributed by atoms with Gasteiger partial charge in [0.05, 0.1) is 0 Å². The van der Waals surface area contributed by atoms with Crippen LogP contribution in [0.1, 0.15) is 19.3 Å². The molecule has 2 nitrogen and oxygen atoms in total. The number of nitrogens with zero attached hydrogens (tertiary/aromatic N) is 1. The maximum absolute atomic E-state index is 8.53. The fourth-order valence-corrected chi connectivity index (χ4v) is 2.54. The van der Waals surface area contributed by atoms with Gasteiger partial charge in [-0.25, -0.2) is 4.98 Å². The number of unbranched alkanes of at least 4 members (excludes halogenated alkanes) is 2. The van der Waals surface area contributed by atoms with E-state index in [2.05, 4.69) is 4.98 Å². The molecule has 1 rings (SSSR count). The van der Waals surface area contributed by atoms with Crippen molar-refractivity contribution >= 4 is 23.1 Å². The fourth-order valence-electron chi connectivity index (χ4n) is 0.832. The molecule has 0 saturated carbocycles. The van der Waals surface area contributed by atoms with Crippen LogP contribution in [0.4, 0.5) is 0 Å². The summed E-state index contributed by atoms with van der Waals surface area (Å²) >= 11 is 3.49. The number of thioether (sulfide) groups is 1. The van der Waals surface area contributed by atoms with Crippen LogP contribution in [-0.2, 0) is 0 Å². The van der Waals surface area contributed by atoms with Crippen LogP contribution in [0.2, 0.25) is 0 Å². The molecule has 0 aromatic carbocycles. The predicted molar refractivity (Wildman–Crippen MR) is 53.8 cm³/mol. The summed E-state index contributed by atoms with van der Waals surface area (Å²) in [5.41, 5.74) is 0. The Hall–Kier alpha value is -0.0600. The molecule has 0 aliphatic carbocycles. The van der Waals surface area contributed by atoms with Crippen LogP contribution in [0.3, 0.4) is 0 Å². The van der Waals surface area contributed by atoms with E-state index in [0.29, 0.717) is 6.61 Å². The first-order chi connectivity index (χ1) is 5.93. The van der Waals surface area contributed by atoms with E-state index in [4.69, 9.17) is 5.11 Å². The first kappa shape index (κ1) is 10.0. The molecule has 0 spiro atoms. The molecule has 0 fully saturated rings. The maximum Gasteiger partial charge on any atom is 0.149 e. The highest BCUT2D eigenvalue weighted by atomic mass is 32.2. The largest absolute Gasteiger partial charge is 0.396 e. The van der Waals surface area contributed by atoms with Crippen LogP contribution >= 0.6 is 23.1 Å². The van der Waals surface area contributed by atoms with E-state index in [1.165, 1.54) is 6.42 Å². The Morgan fingerprint density at radius 1 is 1.42 bits per heavy atom. The Morgan fingerprint density at radius 2 is 2.33 bits per heavy atom. The van der Waals surface area contributed by atoms with E-state index in [1.807, 2.05) is 11.6 Å². The van der Waals surface area contributed by atoms with Crippen molar-refractivity contribution in [3.8, 4) is 0 Å². The lowest BCUT2D eigenvalue weighted by atomic mass is 10.3. The first-order valence-corrected chi connectivity index (χ1v) is 5.93. The summed E-state index contributed by atoms with van der Waals surface area (Å²) in [6.07, 6.45) is 5.05. The number of hydrogen-bond acceptors (Lipinski definition) is 4. The van der Waals surface area contributed by atoms with E-state index in [0.717, 1.165) is 22.9 Å². The molecular weight excluding hydrogens is 190 g/mol. The van der Waals surface area contributed by atoms with Gasteiger partial charge in [0, 0.05) is 23.9 Å². The summed E-state index contributed by atoms with van der Waals surface area (Å²) in [6, 6.07) is 0. The highest BCUT2D eigenvalue weighted by molar-refractivity contribution is 8.00. The van der Waals surface area contributed by atoms with E-state index in [-0.39, 0.29) is 0 Å². The molecular formula is C8H13NOS2. The lowest BCUT2D eigenvalue weighted by molar-refractivity contribution is 0.284.